The second kappa shape index (κ2) is 13.8. The Morgan fingerprint density at radius 2 is 1.41 bits per heavy atom. The highest BCUT2D eigenvalue weighted by Crippen LogP contribution is 2.34. The Hall–Kier alpha value is -3.14. The van der Waals surface area contributed by atoms with Crippen LogP contribution in [0.1, 0.15) is 43.4 Å². The molecule has 0 atom stereocenters. The average Bonchev–Trinajstić information content (AvgIpc) is 2.93. The van der Waals surface area contributed by atoms with Crippen LogP contribution in [0.2, 0.25) is 0 Å². The zero-order valence-corrected chi connectivity index (χ0v) is 23.5. The van der Waals surface area contributed by atoms with Gasteiger partial charge in [0.2, 0.25) is 0 Å². The van der Waals surface area contributed by atoms with Gasteiger partial charge in [0.05, 0.1) is 26.2 Å². The molecule has 0 saturated carbocycles. The Balaban J connectivity index is 1.60. The summed E-state index contributed by atoms with van der Waals surface area (Å²) in [4.78, 5) is 30.6. The number of rotatable bonds is 14. The second-order valence-corrected chi connectivity index (χ2v) is 10.6. The Labute approximate surface area is 231 Å². The van der Waals surface area contributed by atoms with Crippen LogP contribution in [0.25, 0.3) is 0 Å². The molecule has 3 rings (SSSR count). The Morgan fingerprint density at radius 1 is 0.846 bits per heavy atom. The number of carbonyl (C=O) groups is 2. The molecule has 9 heteroatoms. The maximum absolute atomic E-state index is 13.2. The number of aromatic hydroxyl groups is 2. The van der Waals surface area contributed by atoms with E-state index < -0.39 is 5.41 Å². The number of hydrogen-bond donors (Lipinski definition) is 3. The molecule has 1 aliphatic heterocycles. The topological polar surface area (TPSA) is 120 Å². The summed E-state index contributed by atoms with van der Waals surface area (Å²) in [5.41, 5.74) is 1.33. The number of ether oxygens (including phenoxy) is 2. The van der Waals surface area contributed by atoms with Gasteiger partial charge < -0.3 is 24.8 Å². The highest BCUT2D eigenvalue weighted by atomic mass is 16.5. The predicted molar refractivity (Wildman–Crippen MR) is 149 cm³/mol. The van der Waals surface area contributed by atoms with Crippen LogP contribution in [0.4, 0.5) is 0 Å². The number of Topliss-reactive ketones (excluding diaryl/α,β-unsaturated/α-hetero) is 2. The number of hydrogen-bond acceptors (Lipinski definition) is 9. The zero-order chi connectivity index (χ0) is 28.6. The highest BCUT2D eigenvalue weighted by molar-refractivity contribution is 6.06. The maximum Gasteiger partial charge on any atom is 0.162 e. The number of aliphatic hydroxyl groups is 1. The van der Waals surface area contributed by atoms with Crippen molar-refractivity contribution in [1.29, 1.82) is 0 Å². The number of benzene rings is 2. The van der Waals surface area contributed by atoms with E-state index in [0.29, 0.717) is 37.4 Å². The van der Waals surface area contributed by atoms with Gasteiger partial charge in [-0.25, -0.2) is 0 Å². The first kappa shape index (κ1) is 30.4. The van der Waals surface area contributed by atoms with Gasteiger partial charge in [-0.05, 0) is 56.0 Å². The van der Waals surface area contributed by atoms with E-state index in [9.17, 15) is 19.8 Å². The fourth-order valence-corrected chi connectivity index (χ4v) is 4.88. The zero-order valence-electron chi connectivity index (χ0n) is 23.5. The molecule has 0 bridgehead atoms. The van der Waals surface area contributed by atoms with Gasteiger partial charge in [0.15, 0.2) is 23.0 Å². The molecule has 0 aromatic heterocycles. The van der Waals surface area contributed by atoms with Crippen LogP contribution in [0.15, 0.2) is 30.3 Å². The smallest absolute Gasteiger partial charge is 0.162 e. The number of aryl methyl sites for hydroxylation is 2. The minimum absolute atomic E-state index is 0.0396. The van der Waals surface area contributed by atoms with Gasteiger partial charge >= 0.3 is 0 Å². The third-order valence-corrected chi connectivity index (χ3v) is 7.63. The Morgan fingerprint density at radius 3 is 2.00 bits per heavy atom. The normalized spacial score (nSPS) is 14.8. The summed E-state index contributed by atoms with van der Waals surface area (Å²) in [6.07, 6.45) is 1.27. The number of piperazine rings is 1. The molecule has 1 saturated heterocycles. The molecule has 3 N–H and O–H groups in total. The van der Waals surface area contributed by atoms with Crippen LogP contribution in [-0.2, 0) is 29.0 Å². The lowest BCUT2D eigenvalue weighted by Gasteiger charge is -2.34. The monoisotopic (exact) mass is 542 g/mol. The molecular formula is C30H42N2O7. The Kier molecular flexibility index (Phi) is 10.7. The van der Waals surface area contributed by atoms with Crippen LogP contribution in [0.3, 0.4) is 0 Å². The molecule has 39 heavy (non-hydrogen) atoms. The molecular weight excluding hydrogens is 500 g/mol. The van der Waals surface area contributed by atoms with E-state index in [-0.39, 0.29) is 42.5 Å². The SMILES string of the molecule is COc1cc(CCC(=O)C(C)(C)C(=O)CCc2cc(CN3CCN(CCO)CC3)c(O)c(OC)c2)ccc1O. The minimum Gasteiger partial charge on any atom is -0.504 e. The van der Waals surface area contributed by atoms with E-state index in [1.54, 1.807) is 32.0 Å². The number of β-amino-alcohol motifs (C(OH)–C–C–N with tert-alkyl or cyclic N) is 1. The number of phenolic OH excluding ortho intramolecular Hbond substituents is 2. The number of aliphatic hydroxyl groups excluding tert-OH is 1. The minimum atomic E-state index is -1.13. The van der Waals surface area contributed by atoms with E-state index in [0.717, 1.165) is 42.9 Å². The van der Waals surface area contributed by atoms with Gasteiger partial charge in [0.25, 0.3) is 0 Å². The van der Waals surface area contributed by atoms with E-state index in [4.69, 9.17) is 14.6 Å². The van der Waals surface area contributed by atoms with Gasteiger partial charge in [-0.3, -0.25) is 19.4 Å². The molecule has 0 amide bonds. The van der Waals surface area contributed by atoms with Gasteiger partial charge in [-0.15, -0.1) is 0 Å². The standard InChI is InChI=1S/C30H42N2O7/c1-30(2,27(35)9-6-21-5-8-24(34)25(18-21)38-3)28(36)10-7-22-17-23(29(37)26(19-22)39-4)20-32-13-11-31(12-14-32)15-16-33/h5,8,17-19,33-34,37H,6-7,9-16,20H2,1-4H3. The number of nitrogens with zero attached hydrogens (tertiary/aromatic N) is 2. The third kappa shape index (κ3) is 7.94. The third-order valence-electron chi connectivity index (χ3n) is 7.63. The number of ketones is 2. The summed E-state index contributed by atoms with van der Waals surface area (Å²) in [5.74, 6) is 0.592. The van der Waals surface area contributed by atoms with Gasteiger partial charge in [0, 0.05) is 57.7 Å². The van der Waals surface area contributed by atoms with Crippen LogP contribution in [0.5, 0.6) is 23.0 Å². The lowest BCUT2D eigenvalue weighted by molar-refractivity contribution is -0.138. The summed E-state index contributed by atoms with van der Waals surface area (Å²) in [7, 11) is 2.98. The van der Waals surface area contributed by atoms with Crippen molar-refractivity contribution >= 4 is 11.6 Å². The molecule has 214 valence electrons. The van der Waals surface area contributed by atoms with E-state index >= 15 is 0 Å². The van der Waals surface area contributed by atoms with E-state index in [1.165, 1.54) is 20.3 Å². The summed E-state index contributed by atoms with van der Waals surface area (Å²) >= 11 is 0. The molecule has 0 unspecified atom stereocenters. The van der Waals surface area contributed by atoms with Crippen LogP contribution in [0, 0.1) is 5.41 Å². The van der Waals surface area contributed by atoms with Crippen molar-refractivity contribution in [3.8, 4) is 23.0 Å². The fourth-order valence-electron chi connectivity index (χ4n) is 4.88. The van der Waals surface area contributed by atoms with Crippen molar-refractivity contribution in [2.75, 3.05) is 53.6 Å². The maximum atomic E-state index is 13.2. The van der Waals surface area contributed by atoms with Crippen LogP contribution >= 0.6 is 0 Å². The largest absolute Gasteiger partial charge is 0.504 e. The fraction of sp³-hybridized carbons (Fsp3) is 0.533. The summed E-state index contributed by atoms with van der Waals surface area (Å²) in [6, 6.07) is 8.63. The average molecular weight is 543 g/mol. The molecule has 1 aliphatic rings. The molecule has 1 heterocycles. The van der Waals surface area contributed by atoms with E-state index in [1.807, 2.05) is 6.07 Å². The number of methoxy groups -OCH3 is 2. The Bertz CT molecular complexity index is 1140. The van der Waals surface area contributed by atoms with Gasteiger partial charge in [-0.1, -0.05) is 12.1 Å². The van der Waals surface area contributed by atoms with Gasteiger partial charge in [-0.2, -0.15) is 0 Å². The molecule has 0 aliphatic carbocycles. The highest BCUT2D eigenvalue weighted by Gasteiger charge is 2.34. The molecule has 0 radical (unpaired) electrons. The summed E-state index contributed by atoms with van der Waals surface area (Å²) in [6.45, 7) is 8.10. The van der Waals surface area contributed by atoms with Crippen molar-refractivity contribution in [3.63, 3.8) is 0 Å². The van der Waals surface area contributed by atoms with Crippen molar-refractivity contribution < 1.29 is 34.4 Å². The molecule has 2 aromatic rings. The predicted octanol–water partition coefficient (Wildman–Crippen LogP) is 2.95. The van der Waals surface area contributed by atoms with Crippen molar-refractivity contribution in [1.82, 2.24) is 9.80 Å². The lowest BCUT2D eigenvalue weighted by Crippen LogP contribution is -2.46. The first-order valence-corrected chi connectivity index (χ1v) is 13.5. The molecule has 2 aromatic carbocycles. The quantitative estimate of drug-likeness (QED) is 0.310. The van der Waals surface area contributed by atoms with Crippen molar-refractivity contribution in [3.05, 3.63) is 47.0 Å². The molecule has 1 fully saturated rings. The van der Waals surface area contributed by atoms with Crippen molar-refractivity contribution in [2.24, 2.45) is 5.41 Å². The molecule has 9 nitrogen and oxygen atoms in total. The summed E-state index contributed by atoms with van der Waals surface area (Å²) in [5, 5.41) is 29.7. The first-order chi connectivity index (χ1) is 18.6. The number of carbonyl (C=O) groups excluding carboxylic acids is 2. The summed E-state index contributed by atoms with van der Waals surface area (Å²) < 4.78 is 10.5. The molecule has 0 spiro atoms. The van der Waals surface area contributed by atoms with Crippen molar-refractivity contribution in [2.45, 2.75) is 46.1 Å². The second-order valence-electron chi connectivity index (χ2n) is 10.6. The lowest BCUT2D eigenvalue weighted by atomic mass is 9.79. The van der Waals surface area contributed by atoms with E-state index in [2.05, 4.69) is 9.80 Å². The van der Waals surface area contributed by atoms with Crippen LogP contribution in [-0.4, -0.2) is 90.2 Å². The van der Waals surface area contributed by atoms with Crippen LogP contribution < -0.4 is 9.47 Å². The first-order valence-electron chi connectivity index (χ1n) is 13.5. The van der Waals surface area contributed by atoms with Gasteiger partial charge in [0.1, 0.15) is 11.6 Å². The number of phenols is 2.